The molecule has 0 aliphatic carbocycles. The summed E-state index contributed by atoms with van der Waals surface area (Å²) in [7, 11) is 0. The number of hydrogen-bond acceptors (Lipinski definition) is 3. The predicted molar refractivity (Wildman–Crippen MR) is 75.3 cm³/mol. The van der Waals surface area contributed by atoms with Crippen LogP contribution in [0.25, 0.3) is 0 Å². The molecule has 4 nitrogen and oxygen atoms in total. The molecule has 0 aliphatic heterocycles. The first-order valence-corrected chi connectivity index (χ1v) is 6.27. The molecule has 18 heavy (non-hydrogen) atoms. The Kier molecular flexibility index (Phi) is 5.16. The third kappa shape index (κ3) is 4.04. The van der Waals surface area contributed by atoms with Crippen LogP contribution < -0.4 is 16.4 Å². The summed E-state index contributed by atoms with van der Waals surface area (Å²) in [5.41, 5.74) is 14.3. The van der Waals surface area contributed by atoms with Crippen LogP contribution in [-0.4, -0.2) is 19.0 Å². The first-order valence-electron chi connectivity index (χ1n) is 6.27. The predicted octanol–water partition coefficient (Wildman–Crippen LogP) is 1.40. The van der Waals surface area contributed by atoms with Gasteiger partial charge in [-0.2, -0.15) is 0 Å². The fourth-order valence-corrected chi connectivity index (χ4v) is 2.02. The Bertz CT molecular complexity index is 416. The number of aryl methyl sites for hydroxylation is 1. The highest BCUT2D eigenvalue weighted by atomic mass is 16.1. The first kappa shape index (κ1) is 14.5. The van der Waals surface area contributed by atoms with Crippen LogP contribution in [0.15, 0.2) is 18.2 Å². The van der Waals surface area contributed by atoms with Gasteiger partial charge in [0.05, 0.1) is 6.54 Å². The highest BCUT2D eigenvalue weighted by Crippen LogP contribution is 2.22. The standard InChI is InChI=1S/C14H23N3O/c1-10(2)8-17(9-14(16)18)13-6-11(3)4-5-12(13)7-15/h4-6,10H,7-9,15H2,1-3H3,(H2,16,18). The Morgan fingerprint density at radius 1 is 1.39 bits per heavy atom. The van der Waals surface area contributed by atoms with Crippen molar-refractivity contribution >= 4 is 11.6 Å². The molecule has 0 fully saturated rings. The summed E-state index contributed by atoms with van der Waals surface area (Å²) in [6.07, 6.45) is 0. The highest BCUT2D eigenvalue weighted by molar-refractivity contribution is 5.80. The summed E-state index contributed by atoms with van der Waals surface area (Å²) in [6, 6.07) is 6.11. The number of carbonyl (C=O) groups is 1. The Balaban J connectivity index is 3.09. The van der Waals surface area contributed by atoms with Gasteiger partial charge in [-0.3, -0.25) is 4.79 Å². The van der Waals surface area contributed by atoms with Crippen LogP contribution in [0.4, 0.5) is 5.69 Å². The number of hydrogen-bond donors (Lipinski definition) is 2. The average Bonchev–Trinajstić information content (AvgIpc) is 2.26. The number of amides is 1. The Hall–Kier alpha value is -1.55. The quantitative estimate of drug-likeness (QED) is 0.800. The second kappa shape index (κ2) is 6.40. The van der Waals surface area contributed by atoms with E-state index in [4.69, 9.17) is 11.5 Å². The van der Waals surface area contributed by atoms with E-state index in [1.54, 1.807) is 0 Å². The van der Waals surface area contributed by atoms with Gasteiger partial charge in [0.15, 0.2) is 0 Å². The van der Waals surface area contributed by atoms with E-state index in [1.807, 2.05) is 24.0 Å². The first-order chi connectivity index (χ1) is 8.43. The van der Waals surface area contributed by atoms with Crippen molar-refractivity contribution in [1.82, 2.24) is 0 Å². The van der Waals surface area contributed by atoms with Crippen LogP contribution in [0.3, 0.4) is 0 Å². The number of anilines is 1. The maximum atomic E-state index is 11.2. The van der Waals surface area contributed by atoms with E-state index in [0.29, 0.717) is 12.5 Å². The largest absolute Gasteiger partial charge is 0.368 e. The molecule has 0 aliphatic rings. The minimum Gasteiger partial charge on any atom is -0.368 e. The SMILES string of the molecule is Cc1ccc(CN)c(N(CC(N)=O)CC(C)C)c1. The van der Waals surface area contributed by atoms with E-state index in [2.05, 4.69) is 19.9 Å². The Labute approximate surface area is 109 Å². The lowest BCUT2D eigenvalue weighted by molar-refractivity contribution is -0.116. The molecule has 0 radical (unpaired) electrons. The minimum atomic E-state index is -0.319. The molecule has 0 atom stereocenters. The van der Waals surface area contributed by atoms with Crippen molar-refractivity contribution < 1.29 is 4.79 Å². The molecule has 0 bridgehead atoms. The molecule has 1 rings (SSSR count). The van der Waals surface area contributed by atoms with Crippen molar-refractivity contribution in [2.24, 2.45) is 17.4 Å². The summed E-state index contributed by atoms with van der Waals surface area (Å²) in [5, 5.41) is 0. The summed E-state index contributed by atoms with van der Waals surface area (Å²) >= 11 is 0. The highest BCUT2D eigenvalue weighted by Gasteiger charge is 2.14. The van der Waals surface area contributed by atoms with Crippen LogP contribution in [0.5, 0.6) is 0 Å². The maximum Gasteiger partial charge on any atom is 0.236 e. The van der Waals surface area contributed by atoms with Crippen molar-refractivity contribution in [2.45, 2.75) is 27.3 Å². The third-order valence-electron chi connectivity index (χ3n) is 2.73. The number of benzene rings is 1. The van der Waals surface area contributed by atoms with E-state index < -0.39 is 0 Å². The molecule has 0 spiro atoms. The number of rotatable bonds is 6. The van der Waals surface area contributed by atoms with Crippen LogP contribution in [-0.2, 0) is 11.3 Å². The van der Waals surface area contributed by atoms with E-state index in [-0.39, 0.29) is 12.5 Å². The van der Waals surface area contributed by atoms with Crippen molar-refractivity contribution in [1.29, 1.82) is 0 Å². The molecule has 4 heteroatoms. The second-order valence-electron chi connectivity index (χ2n) is 5.08. The van der Waals surface area contributed by atoms with Gasteiger partial charge >= 0.3 is 0 Å². The number of nitrogens with zero attached hydrogens (tertiary/aromatic N) is 1. The van der Waals surface area contributed by atoms with Crippen molar-refractivity contribution in [3.05, 3.63) is 29.3 Å². The zero-order valence-corrected chi connectivity index (χ0v) is 11.4. The van der Waals surface area contributed by atoms with Gasteiger partial charge in [-0.15, -0.1) is 0 Å². The van der Waals surface area contributed by atoms with Gasteiger partial charge in [0, 0.05) is 18.8 Å². The Morgan fingerprint density at radius 2 is 2.06 bits per heavy atom. The molecule has 1 aromatic carbocycles. The third-order valence-corrected chi connectivity index (χ3v) is 2.73. The van der Waals surface area contributed by atoms with Gasteiger partial charge in [-0.05, 0) is 30.0 Å². The van der Waals surface area contributed by atoms with Gasteiger partial charge in [-0.1, -0.05) is 26.0 Å². The smallest absolute Gasteiger partial charge is 0.236 e. The number of carbonyl (C=O) groups excluding carboxylic acids is 1. The lowest BCUT2D eigenvalue weighted by Gasteiger charge is -2.27. The number of nitrogens with two attached hydrogens (primary N) is 2. The van der Waals surface area contributed by atoms with Gasteiger partial charge in [0.2, 0.25) is 5.91 Å². The van der Waals surface area contributed by atoms with Crippen LogP contribution in [0.1, 0.15) is 25.0 Å². The average molecular weight is 249 g/mol. The monoisotopic (exact) mass is 249 g/mol. The molecule has 0 unspecified atom stereocenters. The van der Waals surface area contributed by atoms with Gasteiger partial charge < -0.3 is 16.4 Å². The molecular weight excluding hydrogens is 226 g/mol. The van der Waals surface area contributed by atoms with E-state index in [0.717, 1.165) is 23.4 Å². The lowest BCUT2D eigenvalue weighted by atomic mass is 10.1. The van der Waals surface area contributed by atoms with Crippen LogP contribution in [0, 0.1) is 12.8 Å². The Morgan fingerprint density at radius 3 is 2.56 bits per heavy atom. The summed E-state index contributed by atoms with van der Waals surface area (Å²) < 4.78 is 0. The molecule has 100 valence electrons. The van der Waals surface area contributed by atoms with Gasteiger partial charge in [0.1, 0.15) is 0 Å². The zero-order chi connectivity index (χ0) is 13.7. The van der Waals surface area contributed by atoms with Crippen molar-refractivity contribution in [2.75, 3.05) is 18.0 Å². The molecule has 0 saturated carbocycles. The number of primary amides is 1. The van der Waals surface area contributed by atoms with E-state index in [1.165, 1.54) is 0 Å². The van der Waals surface area contributed by atoms with Crippen molar-refractivity contribution in [3.63, 3.8) is 0 Å². The minimum absolute atomic E-state index is 0.231. The van der Waals surface area contributed by atoms with E-state index >= 15 is 0 Å². The summed E-state index contributed by atoms with van der Waals surface area (Å²) in [6.45, 7) is 7.75. The van der Waals surface area contributed by atoms with Gasteiger partial charge in [-0.25, -0.2) is 0 Å². The molecule has 1 amide bonds. The second-order valence-corrected chi connectivity index (χ2v) is 5.08. The molecule has 0 heterocycles. The molecule has 0 saturated heterocycles. The van der Waals surface area contributed by atoms with Crippen LogP contribution >= 0.6 is 0 Å². The topological polar surface area (TPSA) is 72.3 Å². The lowest BCUT2D eigenvalue weighted by Crippen LogP contribution is -2.37. The van der Waals surface area contributed by atoms with E-state index in [9.17, 15) is 4.79 Å². The summed E-state index contributed by atoms with van der Waals surface area (Å²) in [4.78, 5) is 13.2. The molecule has 0 aromatic heterocycles. The zero-order valence-electron chi connectivity index (χ0n) is 11.4. The molecular formula is C14H23N3O. The van der Waals surface area contributed by atoms with Gasteiger partial charge in [0.25, 0.3) is 0 Å². The fraction of sp³-hybridized carbons (Fsp3) is 0.500. The fourth-order valence-electron chi connectivity index (χ4n) is 2.02. The molecule has 4 N–H and O–H groups in total. The van der Waals surface area contributed by atoms with Crippen molar-refractivity contribution in [3.8, 4) is 0 Å². The normalized spacial score (nSPS) is 10.7. The maximum absolute atomic E-state index is 11.2. The summed E-state index contributed by atoms with van der Waals surface area (Å²) in [5.74, 6) is 0.135. The molecule has 1 aromatic rings. The van der Waals surface area contributed by atoms with Crippen LogP contribution in [0.2, 0.25) is 0 Å².